The van der Waals surface area contributed by atoms with Gasteiger partial charge in [-0.3, -0.25) is 4.79 Å². The highest BCUT2D eigenvalue weighted by Crippen LogP contribution is 2.18. The summed E-state index contributed by atoms with van der Waals surface area (Å²) in [6.07, 6.45) is 0. The molecular formula is C13H18O4S. The van der Waals surface area contributed by atoms with Crippen LogP contribution in [0, 0.1) is 12.8 Å². The third kappa shape index (κ3) is 3.57. The van der Waals surface area contributed by atoms with Crippen LogP contribution in [-0.4, -0.2) is 24.7 Å². The van der Waals surface area contributed by atoms with Gasteiger partial charge in [-0.05, 0) is 19.4 Å². The van der Waals surface area contributed by atoms with Gasteiger partial charge in [0.1, 0.15) is 0 Å². The Balaban J connectivity index is 2.92. The lowest BCUT2D eigenvalue weighted by Gasteiger charge is -2.16. The fourth-order valence-corrected chi connectivity index (χ4v) is 3.32. The van der Waals surface area contributed by atoms with Crippen molar-refractivity contribution in [2.24, 2.45) is 5.92 Å². The molecule has 0 fully saturated rings. The van der Waals surface area contributed by atoms with Crippen LogP contribution in [0.15, 0.2) is 24.3 Å². The van der Waals surface area contributed by atoms with Crippen molar-refractivity contribution in [2.45, 2.75) is 31.8 Å². The molecule has 0 heterocycles. The van der Waals surface area contributed by atoms with E-state index in [0.717, 1.165) is 5.56 Å². The van der Waals surface area contributed by atoms with Gasteiger partial charge in [0.25, 0.3) is 0 Å². The highest BCUT2D eigenvalue weighted by molar-refractivity contribution is 7.91. The van der Waals surface area contributed by atoms with E-state index in [-0.39, 0.29) is 5.75 Å². The Morgan fingerprint density at radius 3 is 2.44 bits per heavy atom. The van der Waals surface area contributed by atoms with Crippen LogP contribution >= 0.6 is 0 Å². The molecule has 0 bridgehead atoms. The maximum Gasteiger partial charge on any atom is 0.307 e. The van der Waals surface area contributed by atoms with E-state index in [9.17, 15) is 13.2 Å². The van der Waals surface area contributed by atoms with Gasteiger partial charge in [-0.1, -0.05) is 36.8 Å². The summed E-state index contributed by atoms with van der Waals surface area (Å²) in [5.41, 5.74) is 1.68. The number of benzene rings is 1. The topological polar surface area (TPSA) is 71.4 Å². The summed E-state index contributed by atoms with van der Waals surface area (Å²) in [5, 5.41) is 7.97. The second-order valence-corrected chi connectivity index (χ2v) is 6.99. The number of hydrogen-bond acceptors (Lipinski definition) is 3. The minimum Gasteiger partial charge on any atom is -0.481 e. The van der Waals surface area contributed by atoms with Crippen LogP contribution in [-0.2, 0) is 20.4 Å². The number of carbonyl (C=O) groups is 1. The quantitative estimate of drug-likeness (QED) is 0.888. The summed E-state index contributed by atoms with van der Waals surface area (Å²) in [6, 6.07) is 7.23. The average Bonchev–Trinajstić information content (AvgIpc) is 2.26. The molecule has 18 heavy (non-hydrogen) atoms. The molecule has 0 spiro atoms. The van der Waals surface area contributed by atoms with Gasteiger partial charge < -0.3 is 5.11 Å². The molecule has 0 radical (unpaired) electrons. The van der Waals surface area contributed by atoms with Crippen molar-refractivity contribution in [3.8, 4) is 0 Å². The van der Waals surface area contributed by atoms with Crippen molar-refractivity contribution < 1.29 is 18.3 Å². The molecule has 4 nitrogen and oxygen atoms in total. The Hall–Kier alpha value is -1.36. The molecule has 100 valence electrons. The SMILES string of the molecule is Cc1cccc(CS(=O)(=O)C(C)C(C)C(=O)O)c1. The molecule has 0 aromatic heterocycles. The molecule has 0 aliphatic carbocycles. The number of rotatable bonds is 5. The zero-order chi connectivity index (χ0) is 13.9. The normalized spacial score (nSPS) is 15.1. The van der Waals surface area contributed by atoms with Gasteiger partial charge in [0.05, 0.1) is 16.9 Å². The predicted molar refractivity (Wildman–Crippen MR) is 70.1 cm³/mol. The fourth-order valence-electron chi connectivity index (χ4n) is 1.68. The first-order chi connectivity index (χ1) is 8.24. The monoisotopic (exact) mass is 270 g/mol. The van der Waals surface area contributed by atoms with Crippen molar-refractivity contribution in [1.82, 2.24) is 0 Å². The Morgan fingerprint density at radius 2 is 1.94 bits per heavy atom. The largest absolute Gasteiger partial charge is 0.481 e. The maximum atomic E-state index is 12.1. The smallest absolute Gasteiger partial charge is 0.307 e. The number of carboxylic acids is 1. The molecule has 2 unspecified atom stereocenters. The van der Waals surface area contributed by atoms with Gasteiger partial charge in [-0.25, -0.2) is 8.42 Å². The fraction of sp³-hybridized carbons (Fsp3) is 0.462. The number of sulfone groups is 1. The highest BCUT2D eigenvalue weighted by Gasteiger charge is 2.30. The first kappa shape index (κ1) is 14.7. The Labute approximate surface area is 108 Å². The summed E-state index contributed by atoms with van der Waals surface area (Å²) < 4.78 is 24.2. The average molecular weight is 270 g/mol. The molecule has 0 aliphatic rings. The first-order valence-electron chi connectivity index (χ1n) is 5.74. The van der Waals surface area contributed by atoms with E-state index < -0.39 is 27.0 Å². The lowest BCUT2D eigenvalue weighted by atomic mass is 10.1. The molecule has 1 rings (SSSR count). The van der Waals surface area contributed by atoms with Gasteiger partial charge in [-0.15, -0.1) is 0 Å². The van der Waals surface area contributed by atoms with Gasteiger partial charge in [-0.2, -0.15) is 0 Å². The number of aryl methyl sites for hydroxylation is 1. The molecule has 0 saturated carbocycles. The third-order valence-corrected chi connectivity index (χ3v) is 5.39. The van der Waals surface area contributed by atoms with E-state index in [0.29, 0.717) is 5.56 Å². The molecule has 1 N–H and O–H groups in total. The van der Waals surface area contributed by atoms with E-state index in [1.54, 1.807) is 18.2 Å². The molecule has 5 heteroatoms. The number of aliphatic carboxylic acids is 1. The van der Waals surface area contributed by atoms with Crippen LogP contribution in [0.5, 0.6) is 0 Å². The van der Waals surface area contributed by atoms with Gasteiger partial charge in [0, 0.05) is 0 Å². The van der Waals surface area contributed by atoms with E-state index in [4.69, 9.17) is 5.11 Å². The number of carboxylic acid groups (broad SMARTS) is 1. The standard InChI is InChI=1S/C13H18O4S/c1-9-5-4-6-12(7-9)8-18(16,17)11(3)10(2)13(14)15/h4-7,10-11H,8H2,1-3H3,(H,14,15). The van der Waals surface area contributed by atoms with Gasteiger partial charge in [0.2, 0.25) is 0 Å². The van der Waals surface area contributed by atoms with Crippen molar-refractivity contribution in [1.29, 1.82) is 0 Å². The lowest BCUT2D eigenvalue weighted by Crippen LogP contribution is -2.31. The molecular weight excluding hydrogens is 252 g/mol. The van der Waals surface area contributed by atoms with Crippen molar-refractivity contribution in [3.63, 3.8) is 0 Å². The third-order valence-electron chi connectivity index (χ3n) is 3.11. The highest BCUT2D eigenvalue weighted by atomic mass is 32.2. The Bertz CT molecular complexity index is 534. The second-order valence-electron chi connectivity index (χ2n) is 4.63. The summed E-state index contributed by atoms with van der Waals surface area (Å²) in [6.45, 7) is 4.75. The Kier molecular flexibility index (Phi) is 4.51. The van der Waals surface area contributed by atoms with Gasteiger partial charge in [0.15, 0.2) is 9.84 Å². The van der Waals surface area contributed by atoms with Crippen molar-refractivity contribution in [3.05, 3.63) is 35.4 Å². The summed E-state index contributed by atoms with van der Waals surface area (Å²) in [7, 11) is -3.46. The minimum atomic E-state index is -3.46. The molecule has 2 atom stereocenters. The maximum absolute atomic E-state index is 12.1. The molecule has 0 amide bonds. The lowest BCUT2D eigenvalue weighted by molar-refractivity contribution is -0.141. The Morgan fingerprint density at radius 1 is 1.33 bits per heavy atom. The predicted octanol–water partition coefficient (Wildman–Crippen LogP) is 2.02. The minimum absolute atomic E-state index is 0.118. The van der Waals surface area contributed by atoms with Crippen molar-refractivity contribution in [2.75, 3.05) is 0 Å². The van der Waals surface area contributed by atoms with Crippen LogP contribution in [0.3, 0.4) is 0 Å². The molecule has 1 aromatic rings. The molecule has 0 saturated heterocycles. The van der Waals surface area contributed by atoms with E-state index in [1.165, 1.54) is 13.8 Å². The van der Waals surface area contributed by atoms with Gasteiger partial charge >= 0.3 is 5.97 Å². The van der Waals surface area contributed by atoms with Crippen LogP contribution in [0.1, 0.15) is 25.0 Å². The first-order valence-corrected chi connectivity index (χ1v) is 7.45. The van der Waals surface area contributed by atoms with E-state index in [1.807, 2.05) is 13.0 Å². The van der Waals surface area contributed by atoms with Crippen LogP contribution in [0.25, 0.3) is 0 Å². The molecule has 0 aliphatic heterocycles. The van der Waals surface area contributed by atoms with Crippen molar-refractivity contribution >= 4 is 15.8 Å². The second kappa shape index (κ2) is 5.52. The summed E-state index contributed by atoms with van der Waals surface area (Å²) in [5.74, 6) is -2.11. The molecule has 1 aromatic carbocycles. The van der Waals surface area contributed by atoms with E-state index in [2.05, 4.69) is 0 Å². The summed E-state index contributed by atoms with van der Waals surface area (Å²) >= 11 is 0. The van der Waals surface area contributed by atoms with Crippen LogP contribution < -0.4 is 0 Å². The van der Waals surface area contributed by atoms with E-state index >= 15 is 0 Å². The zero-order valence-corrected chi connectivity index (χ0v) is 11.6. The van der Waals surface area contributed by atoms with Crippen LogP contribution in [0.4, 0.5) is 0 Å². The number of hydrogen-bond donors (Lipinski definition) is 1. The zero-order valence-electron chi connectivity index (χ0n) is 10.8. The summed E-state index contributed by atoms with van der Waals surface area (Å²) in [4.78, 5) is 10.8. The van der Waals surface area contributed by atoms with Crippen LogP contribution in [0.2, 0.25) is 0 Å².